The Labute approximate surface area is 230 Å². The molecule has 1 spiro atoms. The van der Waals surface area contributed by atoms with E-state index in [1.807, 2.05) is 32.9 Å². The van der Waals surface area contributed by atoms with Crippen LogP contribution in [-0.2, 0) is 28.7 Å². The maximum Gasteiger partial charge on any atom is 0.313 e. The highest BCUT2D eigenvalue weighted by Crippen LogP contribution is 2.53. The number of cyclic esters (lactones) is 1. The van der Waals surface area contributed by atoms with Gasteiger partial charge in [0, 0.05) is 31.7 Å². The number of aliphatic hydroxyl groups is 1. The number of esters is 1. The number of allylic oxidation sites excluding steroid dienone is 1. The first-order valence-corrected chi connectivity index (χ1v) is 14.2. The second kappa shape index (κ2) is 11.8. The van der Waals surface area contributed by atoms with Crippen LogP contribution >= 0.6 is 0 Å². The summed E-state index contributed by atoms with van der Waals surface area (Å²) >= 11 is 0. The Balaban J connectivity index is 1.74. The molecule has 0 saturated carbocycles. The molecule has 0 aromatic carbocycles. The van der Waals surface area contributed by atoms with Crippen LogP contribution in [-0.4, -0.2) is 94.2 Å². The molecule has 3 amide bonds. The van der Waals surface area contributed by atoms with E-state index in [0.29, 0.717) is 32.4 Å². The fourth-order valence-corrected chi connectivity index (χ4v) is 6.25. The summed E-state index contributed by atoms with van der Waals surface area (Å²) in [4.78, 5) is 57.5. The molecule has 4 rings (SSSR count). The lowest BCUT2D eigenvalue weighted by molar-refractivity contribution is -0.159. The van der Waals surface area contributed by atoms with Crippen LogP contribution in [0.4, 0.5) is 0 Å². The molecule has 39 heavy (non-hydrogen) atoms. The molecule has 4 aliphatic rings. The molecule has 4 heterocycles. The van der Waals surface area contributed by atoms with Crippen molar-refractivity contribution in [1.29, 1.82) is 0 Å². The maximum atomic E-state index is 14.2. The predicted octanol–water partition coefficient (Wildman–Crippen LogP) is 1.71. The topological polar surface area (TPSA) is 125 Å². The van der Waals surface area contributed by atoms with Crippen LogP contribution in [0.3, 0.4) is 0 Å². The first kappa shape index (κ1) is 29.3. The minimum absolute atomic E-state index is 0.120. The number of carbonyl (C=O) groups is 4. The number of likely N-dealkylation sites (tertiary alicyclic amines) is 1. The van der Waals surface area contributed by atoms with E-state index in [1.54, 1.807) is 28.9 Å². The Morgan fingerprint density at radius 1 is 1.08 bits per heavy atom. The largest absolute Gasteiger partial charge is 0.460 e. The average Bonchev–Trinajstić information content (AvgIpc) is 3.24. The van der Waals surface area contributed by atoms with Gasteiger partial charge in [-0.25, -0.2) is 0 Å². The fraction of sp³-hybridized carbons (Fsp3) is 0.724. The van der Waals surface area contributed by atoms with Gasteiger partial charge in [0.2, 0.25) is 17.7 Å². The molecular weight excluding hydrogens is 502 g/mol. The van der Waals surface area contributed by atoms with Crippen LogP contribution < -0.4 is 5.32 Å². The number of aliphatic hydroxyl groups excluding tert-OH is 1. The van der Waals surface area contributed by atoms with E-state index in [9.17, 15) is 19.2 Å². The van der Waals surface area contributed by atoms with E-state index in [1.165, 1.54) is 0 Å². The number of ether oxygens (including phenoxy) is 2. The van der Waals surface area contributed by atoms with E-state index in [4.69, 9.17) is 14.6 Å². The molecule has 0 aliphatic carbocycles. The van der Waals surface area contributed by atoms with Gasteiger partial charge in [-0.1, -0.05) is 37.1 Å². The summed E-state index contributed by atoms with van der Waals surface area (Å²) in [5, 5.41) is 11.9. The normalized spacial score (nSPS) is 34.3. The van der Waals surface area contributed by atoms with Gasteiger partial charge in [0.05, 0.1) is 18.6 Å². The minimum Gasteiger partial charge on any atom is -0.460 e. The molecule has 10 nitrogen and oxygen atoms in total. The number of fused-ring (bicyclic) bond motifs is 2. The van der Waals surface area contributed by atoms with Gasteiger partial charge in [0.1, 0.15) is 23.7 Å². The van der Waals surface area contributed by atoms with Gasteiger partial charge in [-0.3, -0.25) is 19.2 Å². The number of unbranched alkanes of at least 4 members (excludes halogenated alkanes) is 3. The van der Waals surface area contributed by atoms with Crippen LogP contribution in [0.5, 0.6) is 0 Å². The number of carbonyl (C=O) groups excluding carboxylic acids is 4. The Kier molecular flexibility index (Phi) is 8.85. The lowest BCUT2D eigenvalue weighted by Crippen LogP contribution is -2.58. The van der Waals surface area contributed by atoms with Crippen molar-refractivity contribution in [2.24, 2.45) is 11.8 Å². The molecule has 4 aliphatic heterocycles. The zero-order chi connectivity index (χ0) is 28.4. The summed E-state index contributed by atoms with van der Waals surface area (Å²) in [7, 11) is 0. The van der Waals surface area contributed by atoms with Crippen molar-refractivity contribution in [2.75, 3.05) is 26.2 Å². The molecular formula is C29H43N3O7. The molecule has 6 atom stereocenters. The van der Waals surface area contributed by atoms with Gasteiger partial charge in [-0.15, -0.1) is 0 Å². The van der Waals surface area contributed by atoms with Gasteiger partial charge in [0.25, 0.3) is 0 Å². The number of hydrogen-bond acceptors (Lipinski definition) is 7. The van der Waals surface area contributed by atoms with Gasteiger partial charge in [0.15, 0.2) is 0 Å². The molecule has 0 aromatic rings. The Bertz CT molecular complexity index is 1020. The highest BCUT2D eigenvalue weighted by molar-refractivity contribution is 5.99. The SMILES string of the molecule is C[C@H]1CNC(=O)CC/C=C\[C@@H]2O[C@@]34C=CCN(C(C)(C)C)C(=O)[C@@H]3N(CCCCCCO)C(=O)[C@H]4[C@@H]2C(=O)O1. The van der Waals surface area contributed by atoms with Crippen molar-refractivity contribution in [3.8, 4) is 0 Å². The average molecular weight is 546 g/mol. The van der Waals surface area contributed by atoms with Gasteiger partial charge in [-0.2, -0.15) is 0 Å². The first-order valence-electron chi connectivity index (χ1n) is 14.2. The van der Waals surface area contributed by atoms with Crippen LogP contribution in [0.2, 0.25) is 0 Å². The van der Waals surface area contributed by atoms with Crippen LogP contribution in [0.15, 0.2) is 24.3 Å². The Morgan fingerprint density at radius 3 is 2.54 bits per heavy atom. The van der Waals surface area contributed by atoms with E-state index in [-0.39, 0.29) is 37.3 Å². The van der Waals surface area contributed by atoms with Crippen molar-refractivity contribution in [2.45, 2.75) is 95.6 Å². The summed E-state index contributed by atoms with van der Waals surface area (Å²) in [5.74, 6) is -3.01. The molecule has 0 radical (unpaired) electrons. The third-order valence-corrected chi connectivity index (χ3v) is 8.15. The first-order chi connectivity index (χ1) is 18.5. The minimum atomic E-state index is -1.31. The molecule has 2 fully saturated rings. The maximum absolute atomic E-state index is 14.2. The molecule has 216 valence electrons. The lowest BCUT2D eigenvalue weighted by atomic mass is 9.77. The summed E-state index contributed by atoms with van der Waals surface area (Å²) in [6.07, 6.45) is 9.64. The second-order valence-electron chi connectivity index (χ2n) is 12.1. The van der Waals surface area contributed by atoms with Crippen molar-refractivity contribution >= 4 is 23.7 Å². The monoisotopic (exact) mass is 545 g/mol. The fourth-order valence-electron chi connectivity index (χ4n) is 6.25. The number of amides is 3. The van der Waals surface area contributed by atoms with Gasteiger partial charge in [-0.05, 0) is 47.0 Å². The highest BCUT2D eigenvalue weighted by Gasteiger charge is 2.72. The molecule has 2 saturated heterocycles. The van der Waals surface area contributed by atoms with Crippen molar-refractivity contribution in [3.05, 3.63) is 24.3 Å². The smallest absolute Gasteiger partial charge is 0.313 e. The predicted molar refractivity (Wildman–Crippen MR) is 143 cm³/mol. The Hall–Kier alpha value is -2.72. The molecule has 0 aromatic heterocycles. The van der Waals surface area contributed by atoms with E-state index in [2.05, 4.69) is 5.32 Å². The molecule has 10 heteroatoms. The van der Waals surface area contributed by atoms with E-state index >= 15 is 0 Å². The summed E-state index contributed by atoms with van der Waals surface area (Å²) < 4.78 is 12.4. The standard InChI is InChI=1S/C29H43N3O7/c1-19-18-30-21(34)13-8-7-12-20-22(27(37)38-19)23-25(35)31(15-9-5-6-10-17-33)24-26(36)32(28(2,3)4)16-11-14-29(23,24)39-20/h7,11-12,14,19-20,22-24,33H,5-6,8-10,13,15-18H2,1-4H3,(H,30,34)/b12-7-/t19-,20-,22+,23+,24-,29+/m0/s1. The summed E-state index contributed by atoms with van der Waals surface area (Å²) in [6, 6.07) is -0.907. The van der Waals surface area contributed by atoms with Crippen molar-refractivity contribution in [1.82, 2.24) is 15.1 Å². The van der Waals surface area contributed by atoms with Crippen molar-refractivity contribution in [3.63, 3.8) is 0 Å². The summed E-state index contributed by atoms with van der Waals surface area (Å²) in [6.45, 7) is 8.62. The third-order valence-electron chi connectivity index (χ3n) is 8.15. The molecule has 0 bridgehead atoms. The Morgan fingerprint density at radius 2 is 1.82 bits per heavy atom. The van der Waals surface area contributed by atoms with Crippen molar-refractivity contribution < 1.29 is 33.8 Å². The van der Waals surface area contributed by atoms with E-state index in [0.717, 1.165) is 12.8 Å². The zero-order valence-electron chi connectivity index (χ0n) is 23.6. The third kappa shape index (κ3) is 5.77. The number of nitrogens with one attached hydrogen (secondary N) is 1. The number of rotatable bonds is 6. The van der Waals surface area contributed by atoms with E-state index < -0.39 is 47.2 Å². The highest BCUT2D eigenvalue weighted by atomic mass is 16.6. The zero-order valence-corrected chi connectivity index (χ0v) is 23.6. The second-order valence-corrected chi connectivity index (χ2v) is 12.1. The van der Waals surface area contributed by atoms with Gasteiger partial charge >= 0.3 is 5.97 Å². The number of hydrogen-bond donors (Lipinski definition) is 2. The van der Waals surface area contributed by atoms with Crippen LogP contribution in [0.25, 0.3) is 0 Å². The van der Waals surface area contributed by atoms with Crippen LogP contribution in [0.1, 0.15) is 66.2 Å². The summed E-state index contributed by atoms with van der Waals surface area (Å²) in [5.41, 5.74) is -1.79. The van der Waals surface area contributed by atoms with Crippen LogP contribution in [0, 0.1) is 11.8 Å². The molecule has 2 N–H and O–H groups in total. The van der Waals surface area contributed by atoms with Gasteiger partial charge < -0.3 is 29.7 Å². The molecule has 0 unspecified atom stereocenters. The lowest BCUT2D eigenvalue weighted by Gasteiger charge is -2.40. The quantitative estimate of drug-likeness (QED) is 0.296. The number of nitrogens with zero attached hydrogens (tertiary/aromatic N) is 2.